The first-order chi connectivity index (χ1) is 14.4. The predicted molar refractivity (Wildman–Crippen MR) is 120 cm³/mol. The molecule has 0 aromatic heterocycles. The minimum atomic E-state index is -0.360. The normalized spacial score (nSPS) is 15.6. The van der Waals surface area contributed by atoms with Gasteiger partial charge in [-0.15, -0.1) is 0 Å². The van der Waals surface area contributed by atoms with E-state index in [1.54, 1.807) is 14.0 Å². The Kier molecular flexibility index (Phi) is 6.78. The molecular weight excluding hydrogens is 376 g/mol. The monoisotopic (exact) mass is 404 g/mol. The fourth-order valence-corrected chi connectivity index (χ4v) is 3.28. The Morgan fingerprint density at radius 1 is 1.17 bits per heavy atom. The summed E-state index contributed by atoms with van der Waals surface area (Å²) in [6, 6.07) is 15.6. The van der Waals surface area contributed by atoms with Crippen LogP contribution in [0.25, 0.3) is 11.1 Å². The zero-order chi connectivity index (χ0) is 21.6. The summed E-state index contributed by atoms with van der Waals surface area (Å²) < 4.78 is 16.6. The van der Waals surface area contributed by atoms with Gasteiger partial charge in [0.05, 0.1) is 20.3 Å². The largest absolute Gasteiger partial charge is 0.497 e. The van der Waals surface area contributed by atoms with Crippen LogP contribution >= 0.6 is 0 Å². The maximum atomic E-state index is 12.1. The number of methoxy groups -OCH3 is 1. The van der Waals surface area contributed by atoms with Crippen molar-refractivity contribution in [3.8, 4) is 11.5 Å². The van der Waals surface area contributed by atoms with Gasteiger partial charge in [-0.1, -0.05) is 62.4 Å². The maximum Gasteiger partial charge on any atom is 0.331 e. The van der Waals surface area contributed by atoms with Crippen molar-refractivity contribution in [1.82, 2.24) is 0 Å². The van der Waals surface area contributed by atoms with Crippen LogP contribution in [0, 0.1) is 5.41 Å². The average molecular weight is 405 g/mol. The fourth-order valence-electron chi connectivity index (χ4n) is 3.28. The van der Waals surface area contributed by atoms with E-state index < -0.39 is 0 Å². The molecule has 0 fully saturated rings. The lowest BCUT2D eigenvalue weighted by Gasteiger charge is -2.18. The van der Waals surface area contributed by atoms with Crippen molar-refractivity contribution in [1.29, 1.82) is 0 Å². The standard InChI is InChI=1S/C26H28O4/c1-5-29-25(27)15-20(19-9-7-6-8-10-19)11-12-21-17-26(2,3)18-30-24-14-13-22(28-4)16-23(21)24/h6-17H,5,18H2,1-4H3/b12-11+,20-15+. The second-order valence-electron chi connectivity index (χ2n) is 7.79. The lowest BCUT2D eigenvalue weighted by atomic mass is 9.90. The molecule has 4 nitrogen and oxygen atoms in total. The predicted octanol–water partition coefficient (Wildman–Crippen LogP) is 5.70. The number of hydrogen-bond donors (Lipinski definition) is 0. The van der Waals surface area contributed by atoms with E-state index in [-0.39, 0.29) is 11.4 Å². The second-order valence-corrected chi connectivity index (χ2v) is 7.79. The van der Waals surface area contributed by atoms with Crippen LogP contribution in [0.2, 0.25) is 0 Å². The number of esters is 1. The van der Waals surface area contributed by atoms with Crippen LogP contribution in [0.15, 0.2) is 72.8 Å². The molecule has 0 saturated heterocycles. The molecule has 0 radical (unpaired) electrons. The molecule has 1 aliphatic heterocycles. The zero-order valence-corrected chi connectivity index (χ0v) is 18.0. The van der Waals surface area contributed by atoms with Gasteiger partial charge >= 0.3 is 5.97 Å². The average Bonchev–Trinajstić information content (AvgIpc) is 2.87. The lowest BCUT2D eigenvalue weighted by molar-refractivity contribution is -0.137. The van der Waals surface area contributed by atoms with E-state index in [0.29, 0.717) is 13.2 Å². The van der Waals surface area contributed by atoms with Gasteiger partial charge in [0.2, 0.25) is 0 Å². The Morgan fingerprint density at radius 3 is 2.63 bits per heavy atom. The van der Waals surface area contributed by atoms with E-state index >= 15 is 0 Å². The van der Waals surface area contributed by atoms with Crippen LogP contribution in [0.3, 0.4) is 0 Å². The van der Waals surface area contributed by atoms with Gasteiger partial charge in [-0.05, 0) is 41.8 Å². The second kappa shape index (κ2) is 9.49. The number of ether oxygens (including phenoxy) is 3. The first-order valence-electron chi connectivity index (χ1n) is 10.1. The van der Waals surface area contributed by atoms with Crippen LogP contribution in [-0.4, -0.2) is 26.3 Å². The molecule has 2 aromatic carbocycles. The molecule has 0 N–H and O–H groups in total. The van der Waals surface area contributed by atoms with Crippen LogP contribution in [-0.2, 0) is 9.53 Å². The minimum absolute atomic E-state index is 0.149. The summed E-state index contributed by atoms with van der Waals surface area (Å²) in [6.07, 6.45) is 7.69. The third kappa shape index (κ3) is 5.41. The highest BCUT2D eigenvalue weighted by Gasteiger charge is 2.23. The number of fused-ring (bicyclic) bond motifs is 1. The van der Waals surface area contributed by atoms with Gasteiger partial charge in [-0.25, -0.2) is 4.79 Å². The lowest BCUT2D eigenvalue weighted by Crippen LogP contribution is -2.17. The Morgan fingerprint density at radius 2 is 1.93 bits per heavy atom. The number of hydrogen-bond acceptors (Lipinski definition) is 4. The summed E-state index contributed by atoms with van der Waals surface area (Å²) >= 11 is 0. The molecule has 30 heavy (non-hydrogen) atoms. The van der Waals surface area contributed by atoms with Crippen molar-refractivity contribution < 1.29 is 19.0 Å². The van der Waals surface area contributed by atoms with Gasteiger partial charge in [-0.2, -0.15) is 0 Å². The number of carbonyl (C=O) groups excluding carboxylic acids is 1. The molecule has 0 saturated carbocycles. The molecule has 0 spiro atoms. The van der Waals surface area contributed by atoms with E-state index in [2.05, 4.69) is 19.9 Å². The minimum Gasteiger partial charge on any atom is -0.497 e. The summed E-state index contributed by atoms with van der Waals surface area (Å²) in [5.74, 6) is 1.22. The van der Waals surface area contributed by atoms with Crippen LogP contribution in [0.5, 0.6) is 11.5 Å². The molecule has 4 heteroatoms. The van der Waals surface area contributed by atoms with Crippen molar-refractivity contribution in [2.75, 3.05) is 20.3 Å². The Hall–Kier alpha value is -3.27. The zero-order valence-electron chi connectivity index (χ0n) is 18.0. The van der Waals surface area contributed by atoms with E-state index in [9.17, 15) is 4.79 Å². The van der Waals surface area contributed by atoms with Crippen LogP contribution in [0.1, 0.15) is 31.9 Å². The Bertz CT molecular complexity index is 981. The molecule has 0 aliphatic carbocycles. The summed E-state index contributed by atoms with van der Waals surface area (Å²) in [4.78, 5) is 12.1. The molecular formula is C26H28O4. The summed E-state index contributed by atoms with van der Waals surface area (Å²) in [5, 5.41) is 0. The summed E-state index contributed by atoms with van der Waals surface area (Å²) in [7, 11) is 1.65. The molecule has 0 atom stereocenters. The number of allylic oxidation sites excluding steroid dienone is 4. The molecule has 0 amide bonds. The molecule has 2 aromatic rings. The molecule has 156 valence electrons. The van der Waals surface area contributed by atoms with Crippen molar-refractivity contribution in [2.24, 2.45) is 5.41 Å². The Balaban J connectivity index is 2.06. The highest BCUT2D eigenvalue weighted by atomic mass is 16.5. The summed E-state index contributed by atoms with van der Waals surface area (Å²) in [5.41, 5.74) is 3.54. The first kappa shape index (κ1) is 21.4. The topological polar surface area (TPSA) is 44.8 Å². The third-order valence-electron chi connectivity index (χ3n) is 4.75. The van der Waals surface area contributed by atoms with Gasteiger partial charge in [0, 0.05) is 17.1 Å². The van der Waals surface area contributed by atoms with Crippen LogP contribution < -0.4 is 9.47 Å². The van der Waals surface area contributed by atoms with Gasteiger partial charge in [0.1, 0.15) is 11.5 Å². The van der Waals surface area contributed by atoms with Crippen molar-refractivity contribution in [3.63, 3.8) is 0 Å². The summed E-state index contributed by atoms with van der Waals surface area (Å²) in [6.45, 7) is 6.98. The molecule has 1 heterocycles. The SMILES string of the molecule is CCOC(=O)/C=C(\C=C\C1=CC(C)(C)COc2ccc(OC)cc21)c1ccccc1. The molecule has 0 unspecified atom stereocenters. The molecule has 1 aliphatic rings. The number of rotatable bonds is 6. The Labute approximate surface area is 178 Å². The number of benzene rings is 2. The van der Waals surface area contributed by atoms with Gasteiger partial charge in [-0.3, -0.25) is 0 Å². The smallest absolute Gasteiger partial charge is 0.331 e. The van der Waals surface area contributed by atoms with E-state index in [0.717, 1.165) is 33.8 Å². The maximum absolute atomic E-state index is 12.1. The van der Waals surface area contributed by atoms with Gasteiger partial charge < -0.3 is 14.2 Å². The van der Waals surface area contributed by atoms with E-state index in [1.165, 1.54) is 6.08 Å². The van der Waals surface area contributed by atoms with Crippen molar-refractivity contribution >= 4 is 17.1 Å². The molecule has 0 bridgehead atoms. The first-order valence-corrected chi connectivity index (χ1v) is 10.1. The third-order valence-corrected chi connectivity index (χ3v) is 4.75. The van der Waals surface area contributed by atoms with Crippen molar-refractivity contribution in [2.45, 2.75) is 20.8 Å². The van der Waals surface area contributed by atoms with Crippen molar-refractivity contribution in [3.05, 3.63) is 84.0 Å². The van der Waals surface area contributed by atoms with Gasteiger partial charge in [0.15, 0.2) is 0 Å². The molecule has 3 rings (SSSR count). The van der Waals surface area contributed by atoms with E-state index in [1.807, 2.05) is 60.7 Å². The highest BCUT2D eigenvalue weighted by molar-refractivity contribution is 5.95. The van der Waals surface area contributed by atoms with E-state index in [4.69, 9.17) is 14.2 Å². The van der Waals surface area contributed by atoms with Crippen LogP contribution in [0.4, 0.5) is 0 Å². The highest BCUT2D eigenvalue weighted by Crippen LogP contribution is 2.38. The fraction of sp³-hybridized carbons (Fsp3) is 0.269. The number of carbonyl (C=O) groups is 1. The van der Waals surface area contributed by atoms with Gasteiger partial charge in [0.25, 0.3) is 0 Å². The quantitative estimate of drug-likeness (QED) is 0.352.